The van der Waals surface area contributed by atoms with Gasteiger partial charge in [0.15, 0.2) is 15.0 Å². The molecule has 10 nitrogen and oxygen atoms in total. The number of carbonyl (C=O) groups is 1. The molecule has 3 heterocycles. The van der Waals surface area contributed by atoms with E-state index in [9.17, 15) is 21.6 Å². The molecule has 1 amide bonds. The molecule has 3 aromatic rings. The number of sulfonamides is 1. The van der Waals surface area contributed by atoms with Gasteiger partial charge in [0, 0.05) is 39.0 Å². The molecule has 0 spiro atoms. The minimum absolute atomic E-state index is 0.141. The summed E-state index contributed by atoms with van der Waals surface area (Å²) in [6.45, 7) is 2.22. The topological polar surface area (TPSA) is 117 Å². The third-order valence-corrected chi connectivity index (χ3v) is 10.9. The van der Waals surface area contributed by atoms with Crippen LogP contribution in [0.25, 0.3) is 10.2 Å². The van der Waals surface area contributed by atoms with Crippen molar-refractivity contribution in [1.29, 1.82) is 0 Å². The van der Waals surface area contributed by atoms with E-state index in [0.29, 0.717) is 62.0 Å². The first-order chi connectivity index (χ1) is 17.6. The van der Waals surface area contributed by atoms with Crippen LogP contribution < -0.4 is 9.64 Å². The van der Waals surface area contributed by atoms with Crippen LogP contribution in [-0.4, -0.2) is 89.1 Å². The highest BCUT2D eigenvalue weighted by Crippen LogP contribution is 2.33. The van der Waals surface area contributed by atoms with E-state index in [1.807, 2.05) is 11.0 Å². The van der Waals surface area contributed by atoms with E-state index in [2.05, 4.69) is 4.98 Å². The minimum atomic E-state index is -3.82. The molecule has 0 N–H and O–H groups in total. The molecule has 0 aliphatic carbocycles. The Balaban J connectivity index is 1.29. The van der Waals surface area contributed by atoms with Crippen LogP contribution >= 0.6 is 11.3 Å². The zero-order valence-corrected chi connectivity index (χ0v) is 23.0. The number of ether oxygens (including phenoxy) is 1. The summed E-state index contributed by atoms with van der Waals surface area (Å²) < 4.78 is 58.1. The van der Waals surface area contributed by atoms with Gasteiger partial charge >= 0.3 is 0 Å². The third kappa shape index (κ3) is 4.92. The Bertz CT molecular complexity index is 1530. The molecule has 0 radical (unpaired) electrons. The van der Waals surface area contributed by atoms with Gasteiger partial charge in [-0.2, -0.15) is 4.31 Å². The second-order valence-corrected chi connectivity index (χ2v) is 14.0. The first-order valence-electron chi connectivity index (χ1n) is 11.9. The number of hydrogen-bond acceptors (Lipinski definition) is 9. The summed E-state index contributed by atoms with van der Waals surface area (Å²) in [5.74, 6) is 0.379. The van der Waals surface area contributed by atoms with Gasteiger partial charge < -0.3 is 14.5 Å². The number of benzene rings is 2. The number of piperazine rings is 1. The summed E-state index contributed by atoms with van der Waals surface area (Å²) in [6, 6.07) is 10.6. The molecule has 1 atom stereocenters. The Kier molecular flexibility index (Phi) is 6.90. The number of para-hydroxylation sites is 1. The average Bonchev–Trinajstić information content (AvgIpc) is 3.56. The number of aromatic nitrogens is 1. The lowest BCUT2D eigenvalue weighted by Crippen LogP contribution is -2.54. The minimum Gasteiger partial charge on any atom is -0.497 e. The largest absolute Gasteiger partial charge is 0.497 e. The van der Waals surface area contributed by atoms with E-state index >= 15 is 0 Å². The van der Waals surface area contributed by atoms with Crippen LogP contribution in [0.3, 0.4) is 0 Å². The van der Waals surface area contributed by atoms with Crippen LogP contribution in [0, 0.1) is 0 Å². The van der Waals surface area contributed by atoms with Crippen molar-refractivity contribution in [3.05, 3.63) is 42.5 Å². The number of fused-ring (bicyclic) bond motifs is 1. The van der Waals surface area contributed by atoms with Gasteiger partial charge in [0.25, 0.3) is 0 Å². The van der Waals surface area contributed by atoms with Crippen molar-refractivity contribution in [3.63, 3.8) is 0 Å². The van der Waals surface area contributed by atoms with Crippen molar-refractivity contribution in [3.8, 4) is 5.75 Å². The molecule has 0 bridgehead atoms. The number of nitrogens with zero attached hydrogens (tertiary/aromatic N) is 4. The zero-order chi connectivity index (χ0) is 26.4. The average molecular weight is 565 g/mol. The van der Waals surface area contributed by atoms with E-state index in [-0.39, 0.29) is 15.7 Å². The Labute approximate surface area is 220 Å². The molecular weight excluding hydrogens is 536 g/mol. The van der Waals surface area contributed by atoms with Gasteiger partial charge in [-0.25, -0.2) is 21.8 Å². The van der Waals surface area contributed by atoms with E-state index < -0.39 is 25.9 Å². The Morgan fingerprint density at radius 2 is 1.70 bits per heavy atom. The molecule has 2 aliphatic rings. The highest BCUT2D eigenvalue weighted by atomic mass is 32.2. The molecule has 1 aromatic heterocycles. The Morgan fingerprint density at radius 3 is 2.35 bits per heavy atom. The summed E-state index contributed by atoms with van der Waals surface area (Å²) in [7, 11) is -5.71. The van der Waals surface area contributed by atoms with Gasteiger partial charge in [0.1, 0.15) is 17.3 Å². The van der Waals surface area contributed by atoms with E-state index in [0.717, 1.165) is 4.70 Å². The van der Waals surface area contributed by atoms with Crippen molar-refractivity contribution in [1.82, 2.24) is 14.2 Å². The maximum Gasteiger partial charge on any atom is 0.243 e. The standard InChI is InChI=1S/C24H28N4O6S3/c1-34-17-8-10-18(11-9-17)37(32,33)28-12-4-5-19(28)23(29)26-13-15-27(16-14-26)24-25-22-20(35-24)6-3-7-21(22)36(2,30)31/h3,6-11,19H,4-5,12-16H2,1-2H3. The van der Waals surface area contributed by atoms with Crippen molar-refractivity contribution in [2.45, 2.75) is 28.7 Å². The first kappa shape index (κ1) is 25.9. The molecule has 1 unspecified atom stereocenters. The predicted octanol–water partition coefficient (Wildman–Crippen LogP) is 2.21. The maximum absolute atomic E-state index is 13.4. The molecule has 2 saturated heterocycles. The molecule has 37 heavy (non-hydrogen) atoms. The van der Waals surface area contributed by atoms with Crippen LogP contribution in [0.5, 0.6) is 5.75 Å². The summed E-state index contributed by atoms with van der Waals surface area (Å²) in [5, 5.41) is 0.711. The van der Waals surface area contributed by atoms with Crippen LogP contribution in [0.4, 0.5) is 5.13 Å². The zero-order valence-electron chi connectivity index (χ0n) is 20.5. The lowest BCUT2D eigenvalue weighted by Gasteiger charge is -2.37. The molecular formula is C24H28N4O6S3. The highest BCUT2D eigenvalue weighted by Gasteiger charge is 2.41. The van der Waals surface area contributed by atoms with Gasteiger partial charge in [-0.1, -0.05) is 17.4 Å². The summed E-state index contributed by atoms with van der Waals surface area (Å²) in [5.41, 5.74) is 0.467. The fraction of sp³-hybridized carbons (Fsp3) is 0.417. The fourth-order valence-electron chi connectivity index (χ4n) is 4.83. The smallest absolute Gasteiger partial charge is 0.243 e. The highest BCUT2D eigenvalue weighted by molar-refractivity contribution is 7.91. The summed E-state index contributed by atoms with van der Waals surface area (Å²) in [6.07, 6.45) is 2.28. The fourth-order valence-corrected chi connectivity index (χ4v) is 8.42. The van der Waals surface area contributed by atoms with E-state index in [1.165, 1.54) is 41.1 Å². The number of sulfone groups is 1. The monoisotopic (exact) mass is 564 g/mol. The molecule has 198 valence electrons. The quantitative estimate of drug-likeness (QED) is 0.447. The van der Waals surface area contributed by atoms with Crippen molar-refractivity contribution >= 4 is 52.5 Å². The molecule has 2 fully saturated rings. The predicted molar refractivity (Wildman–Crippen MR) is 141 cm³/mol. The van der Waals surface area contributed by atoms with E-state index in [1.54, 1.807) is 29.2 Å². The lowest BCUT2D eigenvalue weighted by molar-refractivity contribution is -0.134. The second-order valence-electron chi connectivity index (χ2n) is 9.13. The number of rotatable bonds is 6. The molecule has 5 rings (SSSR count). The van der Waals surface area contributed by atoms with Crippen molar-refractivity contribution in [2.24, 2.45) is 0 Å². The lowest BCUT2D eigenvalue weighted by atomic mass is 10.2. The number of thiazole rings is 1. The van der Waals surface area contributed by atoms with Crippen molar-refractivity contribution in [2.75, 3.05) is 51.0 Å². The van der Waals surface area contributed by atoms with Crippen LogP contribution in [0.15, 0.2) is 52.3 Å². The maximum atomic E-state index is 13.4. The SMILES string of the molecule is COc1ccc(S(=O)(=O)N2CCCC2C(=O)N2CCN(c3nc4c(S(C)(=O)=O)cccc4s3)CC2)cc1. The Hall–Kier alpha value is -2.74. The molecule has 0 saturated carbocycles. The van der Waals surface area contributed by atoms with Crippen LogP contribution in [0.2, 0.25) is 0 Å². The number of hydrogen-bond donors (Lipinski definition) is 0. The summed E-state index contributed by atoms with van der Waals surface area (Å²) >= 11 is 1.42. The number of methoxy groups -OCH3 is 1. The molecule has 2 aliphatic heterocycles. The Morgan fingerprint density at radius 1 is 1.00 bits per heavy atom. The first-order valence-corrected chi connectivity index (χ1v) is 16.0. The summed E-state index contributed by atoms with van der Waals surface area (Å²) in [4.78, 5) is 22.1. The van der Waals surface area contributed by atoms with Gasteiger partial charge in [0.2, 0.25) is 15.9 Å². The number of carbonyl (C=O) groups excluding carboxylic acids is 1. The van der Waals surface area contributed by atoms with E-state index in [4.69, 9.17) is 4.74 Å². The van der Waals surface area contributed by atoms with Gasteiger partial charge in [-0.3, -0.25) is 4.79 Å². The molecule has 13 heteroatoms. The number of amides is 1. The van der Waals surface area contributed by atoms with Crippen LogP contribution in [-0.2, 0) is 24.7 Å². The molecule has 2 aromatic carbocycles. The third-order valence-electron chi connectivity index (χ3n) is 6.79. The number of anilines is 1. The van der Waals surface area contributed by atoms with Gasteiger partial charge in [-0.05, 0) is 49.2 Å². The normalized spacial score (nSPS) is 19.5. The van der Waals surface area contributed by atoms with Crippen molar-refractivity contribution < 1.29 is 26.4 Å². The second kappa shape index (κ2) is 9.86. The van der Waals surface area contributed by atoms with Crippen LogP contribution in [0.1, 0.15) is 12.8 Å². The van der Waals surface area contributed by atoms with Gasteiger partial charge in [-0.15, -0.1) is 0 Å². The van der Waals surface area contributed by atoms with Gasteiger partial charge in [0.05, 0.1) is 21.6 Å².